The van der Waals surface area contributed by atoms with Crippen LogP contribution in [-0.2, 0) is 0 Å². The normalized spacial score (nSPS) is 11.2. The number of unbranched alkanes of at least 4 members (excludes halogenated alkanes) is 14. The first kappa shape index (κ1) is 34.8. The molecular formula is C34H50N2O6. The highest BCUT2D eigenvalue weighted by Crippen LogP contribution is 2.34. The van der Waals surface area contributed by atoms with Crippen molar-refractivity contribution in [3.05, 3.63) is 47.5 Å². The van der Waals surface area contributed by atoms with Crippen LogP contribution in [0.25, 0.3) is 0 Å². The van der Waals surface area contributed by atoms with E-state index in [4.69, 9.17) is 9.47 Å². The van der Waals surface area contributed by atoms with Gasteiger partial charge in [0.05, 0.1) is 24.3 Å². The van der Waals surface area contributed by atoms with Crippen LogP contribution in [0.15, 0.2) is 46.6 Å². The second-order valence-corrected chi connectivity index (χ2v) is 10.8. The van der Waals surface area contributed by atoms with Gasteiger partial charge >= 0.3 is 11.9 Å². The quantitative estimate of drug-likeness (QED) is 0.0939. The van der Waals surface area contributed by atoms with Gasteiger partial charge in [-0.05, 0) is 49.2 Å². The Kier molecular flexibility index (Phi) is 17.6. The van der Waals surface area contributed by atoms with Crippen molar-refractivity contribution in [3.63, 3.8) is 0 Å². The molecule has 0 fully saturated rings. The minimum absolute atomic E-state index is 0.111. The third kappa shape index (κ3) is 14.0. The number of nitrogens with zero attached hydrogens (tertiary/aromatic N) is 2. The summed E-state index contributed by atoms with van der Waals surface area (Å²) in [7, 11) is 0. The summed E-state index contributed by atoms with van der Waals surface area (Å²) in [5.74, 6) is -1.39. The number of carbonyl (C=O) groups is 2. The van der Waals surface area contributed by atoms with Crippen LogP contribution in [0.4, 0.5) is 11.4 Å². The molecule has 0 radical (unpaired) electrons. The third-order valence-corrected chi connectivity index (χ3v) is 7.19. The van der Waals surface area contributed by atoms with Gasteiger partial charge in [0.15, 0.2) is 0 Å². The first-order chi connectivity index (χ1) is 20.5. The van der Waals surface area contributed by atoms with Crippen LogP contribution in [-0.4, -0.2) is 35.4 Å². The standard InChI is InChI=1S/C34H50N2O6/c1-3-5-7-9-11-13-15-17-23-41-31-25-27(33(37)38)19-21-29(31)35-36-30-22-20-28(34(39)40)26-32(30)42-24-18-16-14-12-10-8-6-4-2/h19-22,25-26H,3-18,23-24H2,1-2H3,(H,37,38)(H,39,40). The number of azo groups is 1. The molecule has 0 aliphatic carbocycles. The first-order valence-corrected chi connectivity index (χ1v) is 15.9. The lowest BCUT2D eigenvalue weighted by atomic mass is 10.1. The lowest BCUT2D eigenvalue weighted by Crippen LogP contribution is -2.01. The minimum Gasteiger partial charge on any atom is -0.491 e. The number of aromatic carboxylic acids is 2. The van der Waals surface area contributed by atoms with Crippen LogP contribution in [0.1, 0.15) is 137 Å². The maximum absolute atomic E-state index is 11.5. The van der Waals surface area contributed by atoms with Crippen molar-refractivity contribution in [2.45, 2.75) is 117 Å². The van der Waals surface area contributed by atoms with Crippen LogP contribution < -0.4 is 9.47 Å². The Labute approximate surface area is 251 Å². The van der Waals surface area contributed by atoms with Gasteiger partial charge in [0, 0.05) is 0 Å². The Morgan fingerprint density at radius 2 is 0.881 bits per heavy atom. The number of hydrogen-bond donors (Lipinski definition) is 2. The van der Waals surface area contributed by atoms with E-state index >= 15 is 0 Å². The van der Waals surface area contributed by atoms with E-state index < -0.39 is 11.9 Å². The van der Waals surface area contributed by atoms with Gasteiger partial charge in [-0.15, -0.1) is 10.2 Å². The highest BCUT2D eigenvalue weighted by atomic mass is 16.5. The number of rotatable bonds is 24. The van der Waals surface area contributed by atoms with Crippen LogP contribution in [0.2, 0.25) is 0 Å². The molecule has 2 N–H and O–H groups in total. The lowest BCUT2D eigenvalue weighted by Gasteiger charge is -2.11. The van der Waals surface area contributed by atoms with Crippen molar-refractivity contribution < 1.29 is 29.3 Å². The zero-order valence-corrected chi connectivity index (χ0v) is 25.6. The van der Waals surface area contributed by atoms with Gasteiger partial charge in [-0.2, -0.15) is 0 Å². The lowest BCUT2D eigenvalue weighted by molar-refractivity contribution is 0.0685. The van der Waals surface area contributed by atoms with Gasteiger partial charge in [0.2, 0.25) is 0 Å². The van der Waals surface area contributed by atoms with E-state index in [0.29, 0.717) is 36.1 Å². The van der Waals surface area contributed by atoms with Crippen molar-refractivity contribution in [2.75, 3.05) is 13.2 Å². The predicted molar refractivity (Wildman–Crippen MR) is 167 cm³/mol. The second kappa shape index (κ2) is 21.3. The Bertz CT molecular complexity index is 1020. The van der Waals surface area contributed by atoms with Gasteiger partial charge in [-0.1, -0.05) is 104 Å². The molecule has 0 spiro atoms. The molecule has 2 rings (SSSR count). The summed E-state index contributed by atoms with van der Waals surface area (Å²) in [6, 6.07) is 9.01. The van der Waals surface area contributed by atoms with E-state index in [1.165, 1.54) is 88.5 Å². The Hall–Kier alpha value is -3.42. The van der Waals surface area contributed by atoms with E-state index in [1.54, 1.807) is 12.1 Å². The maximum atomic E-state index is 11.5. The van der Waals surface area contributed by atoms with Crippen molar-refractivity contribution in [1.82, 2.24) is 0 Å². The molecule has 2 aromatic carbocycles. The average molecular weight is 583 g/mol. The van der Waals surface area contributed by atoms with Crippen LogP contribution in [0.5, 0.6) is 11.5 Å². The predicted octanol–water partition coefficient (Wildman–Crippen LogP) is 10.5. The average Bonchev–Trinajstić information content (AvgIpc) is 2.98. The van der Waals surface area contributed by atoms with Crippen molar-refractivity contribution >= 4 is 23.3 Å². The summed E-state index contributed by atoms with van der Waals surface area (Å²) in [4.78, 5) is 23.1. The van der Waals surface area contributed by atoms with Gasteiger partial charge < -0.3 is 19.7 Å². The van der Waals surface area contributed by atoms with Crippen LogP contribution >= 0.6 is 0 Å². The zero-order valence-electron chi connectivity index (χ0n) is 25.6. The zero-order chi connectivity index (χ0) is 30.4. The van der Waals surface area contributed by atoms with E-state index in [0.717, 1.165) is 38.5 Å². The molecule has 0 aliphatic rings. The molecule has 0 saturated carbocycles. The Morgan fingerprint density at radius 3 is 1.21 bits per heavy atom. The monoisotopic (exact) mass is 582 g/mol. The summed E-state index contributed by atoms with van der Waals surface area (Å²) in [5.41, 5.74) is 1.02. The number of ether oxygens (including phenoxy) is 2. The second-order valence-electron chi connectivity index (χ2n) is 10.8. The summed E-state index contributed by atoms with van der Waals surface area (Å²) >= 11 is 0. The summed E-state index contributed by atoms with van der Waals surface area (Å²) in [6.45, 7) is 5.34. The molecule has 0 aromatic heterocycles. The van der Waals surface area contributed by atoms with Crippen LogP contribution in [0.3, 0.4) is 0 Å². The SMILES string of the molecule is CCCCCCCCCCOc1cc(C(=O)O)ccc1N=Nc1ccc(C(=O)O)cc1OCCCCCCCCCC. The van der Waals surface area contributed by atoms with Crippen molar-refractivity contribution in [3.8, 4) is 11.5 Å². The van der Waals surface area contributed by atoms with Crippen molar-refractivity contribution in [2.24, 2.45) is 10.2 Å². The highest BCUT2D eigenvalue weighted by molar-refractivity contribution is 5.89. The van der Waals surface area contributed by atoms with Gasteiger partial charge in [0.1, 0.15) is 22.9 Å². The van der Waals surface area contributed by atoms with Gasteiger partial charge in [0.25, 0.3) is 0 Å². The number of carboxylic acid groups (broad SMARTS) is 2. The summed E-state index contributed by atoms with van der Waals surface area (Å²) in [5, 5.41) is 27.6. The van der Waals surface area contributed by atoms with Crippen LogP contribution in [0, 0.1) is 0 Å². The molecule has 232 valence electrons. The largest absolute Gasteiger partial charge is 0.491 e. The fraction of sp³-hybridized carbons (Fsp3) is 0.588. The molecule has 8 heteroatoms. The van der Waals surface area contributed by atoms with Gasteiger partial charge in [-0.25, -0.2) is 9.59 Å². The van der Waals surface area contributed by atoms with E-state index in [9.17, 15) is 19.8 Å². The molecule has 0 unspecified atom stereocenters. The Morgan fingerprint density at radius 1 is 0.548 bits per heavy atom. The molecule has 0 heterocycles. The number of carboxylic acids is 2. The Balaban J connectivity index is 2.01. The topological polar surface area (TPSA) is 118 Å². The van der Waals surface area contributed by atoms with E-state index in [2.05, 4.69) is 24.1 Å². The molecule has 0 amide bonds. The maximum Gasteiger partial charge on any atom is 0.335 e. The first-order valence-electron chi connectivity index (χ1n) is 15.9. The molecule has 0 aliphatic heterocycles. The van der Waals surface area contributed by atoms with Gasteiger partial charge in [-0.3, -0.25) is 0 Å². The summed E-state index contributed by atoms with van der Waals surface area (Å²) in [6.07, 6.45) is 18.8. The van der Waals surface area contributed by atoms with E-state index in [-0.39, 0.29) is 11.1 Å². The summed E-state index contributed by atoms with van der Waals surface area (Å²) < 4.78 is 11.9. The molecule has 42 heavy (non-hydrogen) atoms. The fourth-order valence-corrected chi connectivity index (χ4v) is 4.63. The van der Waals surface area contributed by atoms with Crippen molar-refractivity contribution in [1.29, 1.82) is 0 Å². The minimum atomic E-state index is -1.05. The smallest absolute Gasteiger partial charge is 0.335 e. The highest BCUT2D eigenvalue weighted by Gasteiger charge is 2.12. The number of benzene rings is 2. The number of hydrogen-bond acceptors (Lipinski definition) is 6. The van der Waals surface area contributed by atoms with E-state index in [1.807, 2.05) is 0 Å². The molecule has 0 atom stereocenters. The molecular weight excluding hydrogens is 532 g/mol. The molecule has 2 aromatic rings. The third-order valence-electron chi connectivity index (χ3n) is 7.19. The molecule has 8 nitrogen and oxygen atoms in total. The molecule has 0 bridgehead atoms. The fourth-order valence-electron chi connectivity index (χ4n) is 4.63. The molecule has 0 saturated heterocycles.